The molecule has 0 aliphatic heterocycles. The monoisotopic (exact) mass is 355 g/mol. The summed E-state index contributed by atoms with van der Waals surface area (Å²) < 4.78 is 18.7. The maximum absolute atomic E-state index is 13.1. The van der Waals surface area contributed by atoms with Crippen molar-refractivity contribution in [2.75, 3.05) is 0 Å². The van der Waals surface area contributed by atoms with Crippen molar-refractivity contribution in [3.63, 3.8) is 0 Å². The summed E-state index contributed by atoms with van der Waals surface area (Å²) in [6, 6.07) is 14.5. The van der Waals surface area contributed by atoms with Crippen LogP contribution in [0.5, 0.6) is 5.75 Å². The summed E-state index contributed by atoms with van der Waals surface area (Å²) in [5.41, 5.74) is 4.81. The summed E-state index contributed by atoms with van der Waals surface area (Å²) in [7, 11) is 0. The highest BCUT2D eigenvalue weighted by atomic mass is 19.1. The molecule has 1 unspecified atom stereocenters. The van der Waals surface area contributed by atoms with E-state index in [1.54, 1.807) is 42.5 Å². The minimum absolute atomic E-state index is 0.0669. The normalized spacial score (nSPS) is 12.5. The topological polar surface area (TPSA) is 105 Å². The number of nitriles is 1. The van der Waals surface area contributed by atoms with Crippen LogP contribution in [-0.2, 0) is 22.6 Å². The average Bonchev–Trinajstić information content (AvgIpc) is 2.60. The van der Waals surface area contributed by atoms with Gasteiger partial charge in [0.25, 0.3) is 5.91 Å². The summed E-state index contributed by atoms with van der Waals surface area (Å²) in [5.74, 6) is -1.25. The lowest BCUT2D eigenvalue weighted by molar-refractivity contribution is -0.128. The number of nitrogens with one attached hydrogen (secondary N) is 1. The van der Waals surface area contributed by atoms with Gasteiger partial charge in [-0.1, -0.05) is 24.3 Å². The number of ether oxygens (including phenoxy) is 1. The highest BCUT2D eigenvalue weighted by Gasteiger charge is 2.38. The highest BCUT2D eigenvalue weighted by molar-refractivity contribution is 5.93. The fourth-order valence-corrected chi connectivity index (χ4v) is 2.42. The lowest BCUT2D eigenvalue weighted by atomic mass is 9.91. The van der Waals surface area contributed by atoms with Crippen molar-refractivity contribution in [2.45, 2.75) is 25.5 Å². The van der Waals surface area contributed by atoms with Gasteiger partial charge < -0.3 is 15.8 Å². The minimum atomic E-state index is -1.81. The molecule has 134 valence electrons. The number of primary amides is 1. The molecule has 7 heteroatoms. The van der Waals surface area contributed by atoms with Crippen molar-refractivity contribution in [1.29, 1.82) is 5.26 Å². The van der Waals surface area contributed by atoms with E-state index in [4.69, 9.17) is 10.5 Å². The van der Waals surface area contributed by atoms with Crippen LogP contribution in [0, 0.1) is 17.1 Å². The van der Waals surface area contributed by atoms with Crippen molar-refractivity contribution in [2.24, 2.45) is 5.73 Å². The Morgan fingerprint density at radius 1 is 1.23 bits per heavy atom. The van der Waals surface area contributed by atoms with Gasteiger partial charge in [-0.25, -0.2) is 4.39 Å². The van der Waals surface area contributed by atoms with Gasteiger partial charge in [0.05, 0.1) is 0 Å². The lowest BCUT2D eigenvalue weighted by Crippen LogP contribution is -2.57. The summed E-state index contributed by atoms with van der Waals surface area (Å²) in [6.45, 7) is 1.41. The quantitative estimate of drug-likeness (QED) is 0.790. The second-order valence-corrected chi connectivity index (χ2v) is 5.80. The standard InChI is InChI=1S/C19H18FN3O3/c1-13(24)23-19(12-21,18(22)25)10-14-5-7-17(8-6-14)26-11-15-3-2-4-16(20)9-15/h2-9H,10-11H2,1H3,(H2,22,25)(H,23,24). The maximum atomic E-state index is 13.1. The Bertz CT molecular complexity index is 846. The molecule has 0 saturated heterocycles. The number of rotatable bonds is 7. The zero-order chi connectivity index (χ0) is 19.2. The van der Waals surface area contributed by atoms with Crippen molar-refractivity contribution < 1.29 is 18.7 Å². The molecule has 2 rings (SSSR count). The third-order valence-corrected chi connectivity index (χ3v) is 3.69. The number of benzene rings is 2. The molecular weight excluding hydrogens is 337 g/mol. The first-order valence-electron chi connectivity index (χ1n) is 7.81. The third-order valence-electron chi connectivity index (χ3n) is 3.69. The van der Waals surface area contributed by atoms with Crippen LogP contribution >= 0.6 is 0 Å². The number of nitrogens with zero attached hydrogens (tertiary/aromatic N) is 1. The van der Waals surface area contributed by atoms with E-state index in [1.165, 1.54) is 19.1 Å². The third kappa shape index (κ3) is 4.80. The molecule has 2 aromatic carbocycles. The first-order chi connectivity index (χ1) is 12.3. The molecule has 0 radical (unpaired) electrons. The fourth-order valence-electron chi connectivity index (χ4n) is 2.42. The molecule has 0 spiro atoms. The molecule has 2 aromatic rings. The Morgan fingerprint density at radius 2 is 1.92 bits per heavy atom. The summed E-state index contributed by atoms with van der Waals surface area (Å²) in [4.78, 5) is 23.0. The molecule has 0 fully saturated rings. The van der Waals surface area contributed by atoms with Crippen molar-refractivity contribution in [1.82, 2.24) is 5.32 Å². The zero-order valence-electron chi connectivity index (χ0n) is 14.2. The first kappa shape index (κ1) is 18.9. The molecule has 2 amide bonds. The number of hydrogen-bond acceptors (Lipinski definition) is 4. The first-order valence-corrected chi connectivity index (χ1v) is 7.81. The van der Waals surface area contributed by atoms with Crippen LogP contribution in [0.15, 0.2) is 48.5 Å². The zero-order valence-corrected chi connectivity index (χ0v) is 14.2. The van der Waals surface area contributed by atoms with Crippen LogP contribution in [0.25, 0.3) is 0 Å². The van der Waals surface area contributed by atoms with Gasteiger partial charge in [0.1, 0.15) is 24.2 Å². The Balaban J connectivity index is 2.07. The van der Waals surface area contributed by atoms with Gasteiger partial charge in [0.15, 0.2) is 0 Å². The molecule has 0 aliphatic rings. The van der Waals surface area contributed by atoms with Gasteiger partial charge in [-0.05, 0) is 35.4 Å². The molecule has 0 aliphatic carbocycles. The second kappa shape index (κ2) is 8.12. The van der Waals surface area contributed by atoms with Crippen LogP contribution in [0.3, 0.4) is 0 Å². The predicted octanol–water partition coefficient (Wildman–Crippen LogP) is 1.83. The van der Waals surface area contributed by atoms with Gasteiger partial charge in [0.2, 0.25) is 11.4 Å². The molecule has 6 nitrogen and oxygen atoms in total. The van der Waals surface area contributed by atoms with Crippen LogP contribution in [0.4, 0.5) is 4.39 Å². The Labute approximate surface area is 150 Å². The summed E-state index contributed by atoms with van der Waals surface area (Å²) in [5, 5.41) is 11.6. The molecule has 1 atom stereocenters. The number of amides is 2. The van der Waals surface area contributed by atoms with E-state index >= 15 is 0 Å². The number of hydrogen-bond donors (Lipinski definition) is 2. The smallest absolute Gasteiger partial charge is 0.258 e. The highest BCUT2D eigenvalue weighted by Crippen LogP contribution is 2.18. The van der Waals surface area contributed by atoms with Crippen LogP contribution in [-0.4, -0.2) is 17.4 Å². The minimum Gasteiger partial charge on any atom is -0.489 e. The Hall–Kier alpha value is -3.40. The van der Waals surface area contributed by atoms with E-state index in [1.807, 2.05) is 0 Å². The average molecular weight is 355 g/mol. The van der Waals surface area contributed by atoms with Crippen molar-refractivity contribution >= 4 is 11.8 Å². The van der Waals surface area contributed by atoms with E-state index in [0.717, 1.165) is 0 Å². The number of halogens is 1. The Kier molecular flexibility index (Phi) is 5.91. The Morgan fingerprint density at radius 3 is 2.46 bits per heavy atom. The molecular formula is C19H18FN3O3. The molecule has 0 saturated carbocycles. The van der Waals surface area contributed by atoms with E-state index in [0.29, 0.717) is 16.9 Å². The fraction of sp³-hybridized carbons (Fsp3) is 0.211. The van der Waals surface area contributed by atoms with E-state index in [-0.39, 0.29) is 18.8 Å². The largest absolute Gasteiger partial charge is 0.489 e. The van der Waals surface area contributed by atoms with Gasteiger partial charge >= 0.3 is 0 Å². The molecule has 0 bridgehead atoms. The SMILES string of the molecule is CC(=O)NC(C#N)(Cc1ccc(OCc2cccc(F)c2)cc1)C(N)=O. The maximum Gasteiger partial charge on any atom is 0.258 e. The second-order valence-electron chi connectivity index (χ2n) is 5.80. The molecule has 26 heavy (non-hydrogen) atoms. The molecule has 0 aromatic heterocycles. The van der Waals surface area contributed by atoms with Crippen LogP contribution in [0.2, 0.25) is 0 Å². The van der Waals surface area contributed by atoms with Crippen molar-refractivity contribution in [3.8, 4) is 11.8 Å². The summed E-state index contributed by atoms with van der Waals surface area (Å²) in [6.07, 6.45) is -0.0669. The molecule has 0 heterocycles. The number of carbonyl (C=O) groups is 2. The van der Waals surface area contributed by atoms with Crippen LogP contribution < -0.4 is 15.8 Å². The molecule has 3 N–H and O–H groups in total. The van der Waals surface area contributed by atoms with E-state index in [9.17, 15) is 19.2 Å². The number of carbonyl (C=O) groups excluding carboxylic acids is 2. The summed E-state index contributed by atoms with van der Waals surface area (Å²) >= 11 is 0. The van der Waals surface area contributed by atoms with E-state index < -0.39 is 17.4 Å². The number of nitrogens with two attached hydrogens (primary N) is 1. The van der Waals surface area contributed by atoms with Crippen molar-refractivity contribution in [3.05, 3.63) is 65.5 Å². The van der Waals surface area contributed by atoms with Gasteiger partial charge in [0, 0.05) is 13.3 Å². The van der Waals surface area contributed by atoms with E-state index in [2.05, 4.69) is 5.32 Å². The van der Waals surface area contributed by atoms with Gasteiger partial charge in [-0.3, -0.25) is 9.59 Å². The van der Waals surface area contributed by atoms with Gasteiger partial charge in [-0.2, -0.15) is 5.26 Å². The predicted molar refractivity (Wildman–Crippen MR) is 92.2 cm³/mol. The van der Waals surface area contributed by atoms with Crippen LogP contribution in [0.1, 0.15) is 18.1 Å². The lowest BCUT2D eigenvalue weighted by Gasteiger charge is -2.23. The van der Waals surface area contributed by atoms with Gasteiger partial charge in [-0.15, -0.1) is 0 Å².